The molecule has 1 atom stereocenters. The summed E-state index contributed by atoms with van der Waals surface area (Å²) in [5.74, 6) is -0.909. The van der Waals surface area contributed by atoms with Gasteiger partial charge in [-0.2, -0.15) is 0 Å². The van der Waals surface area contributed by atoms with Gasteiger partial charge in [0.1, 0.15) is 24.2 Å². The van der Waals surface area contributed by atoms with Crippen LogP contribution in [0.15, 0.2) is 77.7 Å². The van der Waals surface area contributed by atoms with E-state index in [1.165, 1.54) is 41.3 Å². The molecular weight excluding hydrogens is 593 g/mol. The molecule has 1 unspecified atom stereocenters. The first kappa shape index (κ1) is 32.3. The van der Waals surface area contributed by atoms with Crippen LogP contribution in [0.25, 0.3) is 0 Å². The fraction of sp³-hybridized carbons (Fsp3) is 0.375. The summed E-state index contributed by atoms with van der Waals surface area (Å²) in [6.07, 6.45) is 4.15. The van der Waals surface area contributed by atoms with E-state index >= 15 is 0 Å². The molecular formula is C32H37ClFN3O5S. The summed E-state index contributed by atoms with van der Waals surface area (Å²) in [6.45, 7) is 3.50. The van der Waals surface area contributed by atoms with Gasteiger partial charge in [-0.05, 0) is 92.4 Å². The van der Waals surface area contributed by atoms with Gasteiger partial charge in [-0.15, -0.1) is 0 Å². The van der Waals surface area contributed by atoms with E-state index in [0.29, 0.717) is 23.8 Å². The highest BCUT2D eigenvalue weighted by Crippen LogP contribution is 2.27. The molecule has 11 heteroatoms. The van der Waals surface area contributed by atoms with Crippen LogP contribution in [0.2, 0.25) is 5.02 Å². The van der Waals surface area contributed by atoms with Crippen molar-refractivity contribution in [3.8, 4) is 5.75 Å². The molecule has 4 rings (SSSR count). The zero-order valence-electron chi connectivity index (χ0n) is 24.3. The predicted molar refractivity (Wildman–Crippen MR) is 165 cm³/mol. The minimum absolute atomic E-state index is 0.0461. The molecule has 2 amide bonds. The number of sulfonamides is 1. The number of nitrogens with zero attached hydrogens (tertiary/aromatic N) is 2. The number of benzene rings is 3. The average molecular weight is 630 g/mol. The number of ether oxygens (including phenoxy) is 1. The molecule has 1 saturated carbocycles. The van der Waals surface area contributed by atoms with Crippen LogP contribution < -0.4 is 14.4 Å². The maximum Gasteiger partial charge on any atom is 0.264 e. The Morgan fingerprint density at radius 3 is 2.19 bits per heavy atom. The number of rotatable bonds is 13. The van der Waals surface area contributed by atoms with Crippen molar-refractivity contribution in [3.63, 3.8) is 0 Å². The molecule has 1 aliphatic rings. The summed E-state index contributed by atoms with van der Waals surface area (Å²) in [7, 11) is -4.29. The number of hydrogen-bond donors (Lipinski definition) is 1. The smallest absolute Gasteiger partial charge is 0.264 e. The number of carbonyl (C=O) groups excluding carboxylic acids is 2. The molecule has 1 N–H and O–H groups in total. The molecule has 43 heavy (non-hydrogen) atoms. The van der Waals surface area contributed by atoms with Gasteiger partial charge in [0.05, 0.1) is 17.2 Å². The van der Waals surface area contributed by atoms with Gasteiger partial charge >= 0.3 is 0 Å². The molecule has 0 heterocycles. The van der Waals surface area contributed by atoms with E-state index in [1.54, 1.807) is 24.3 Å². The van der Waals surface area contributed by atoms with Crippen molar-refractivity contribution in [1.29, 1.82) is 0 Å². The van der Waals surface area contributed by atoms with Gasteiger partial charge in [0.2, 0.25) is 11.8 Å². The standard InChI is InChI=1S/C32H37ClFN3O5S/c1-3-30(32(39)35-26-7-5-6-8-26)36(21-23-9-11-24(33)12-10-23)31(38)22-37(27-15-13-25(34)14-16-27)43(40,41)29-19-17-28(18-20-29)42-4-2/h9-20,26,30H,3-8,21-22H2,1-2H3,(H,35,39). The number of anilines is 1. The lowest BCUT2D eigenvalue weighted by Crippen LogP contribution is -2.53. The Morgan fingerprint density at radius 1 is 0.977 bits per heavy atom. The molecule has 0 saturated heterocycles. The Labute approximate surface area is 257 Å². The SMILES string of the molecule is CCOc1ccc(S(=O)(=O)N(CC(=O)N(Cc2ccc(Cl)cc2)C(CC)C(=O)NC2CCCC2)c2ccc(F)cc2)cc1. The Bertz CT molecular complexity index is 1480. The van der Waals surface area contributed by atoms with E-state index in [-0.39, 0.29) is 29.1 Å². The van der Waals surface area contributed by atoms with Crippen LogP contribution in [0.1, 0.15) is 51.5 Å². The number of nitrogens with one attached hydrogen (secondary N) is 1. The second kappa shape index (κ2) is 14.7. The average Bonchev–Trinajstić information content (AvgIpc) is 3.50. The van der Waals surface area contributed by atoms with Crippen molar-refractivity contribution in [2.45, 2.75) is 69.5 Å². The Morgan fingerprint density at radius 2 is 1.60 bits per heavy atom. The second-order valence-electron chi connectivity index (χ2n) is 10.5. The Hall–Kier alpha value is -3.63. The fourth-order valence-electron chi connectivity index (χ4n) is 5.21. The minimum atomic E-state index is -4.29. The Kier molecular flexibility index (Phi) is 11.0. The van der Waals surface area contributed by atoms with Gasteiger partial charge in [0.25, 0.3) is 10.0 Å². The molecule has 0 radical (unpaired) electrons. The van der Waals surface area contributed by atoms with E-state index < -0.39 is 34.3 Å². The van der Waals surface area contributed by atoms with Gasteiger partial charge in [-0.3, -0.25) is 13.9 Å². The van der Waals surface area contributed by atoms with Crippen LogP contribution in [-0.4, -0.2) is 50.4 Å². The maximum absolute atomic E-state index is 14.1. The van der Waals surface area contributed by atoms with Crippen molar-refractivity contribution in [3.05, 3.63) is 89.2 Å². The maximum atomic E-state index is 14.1. The molecule has 0 aromatic heterocycles. The third-order valence-electron chi connectivity index (χ3n) is 7.47. The number of carbonyl (C=O) groups is 2. The van der Waals surface area contributed by atoms with Gasteiger partial charge < -0.3 is 15.0 Å². The van der Waals surface area contributed by atoms with E-state index in [2.05, 4.69) is 5.32 Å². The van der Waals surface area contributed by atoms with E-state index in [9.17, 15) is 22.4 Å². The minimum Gasteiger partial charge on any atom is -0.494 e. The monoisotopic (exact) mass is 629 g/mol. The lowest BCUT2D eigenvalue weighted by molar-refractivity contribution is -0.140. The summed E-state index contributed by atoms with van der Waals surface area (Å²) < 4.78 is 48.2. The van der Waals surface area contributed by atoms with E-state index in [4.69, 9.17) is 16.3 Å². The summed E-state index contributed by atoms with van der Waals surface area (Å²) >= 11 is 6.08. The van der Waals surface area contributed by atoms with Crippen molar-refractivity contribution in [2.24, 2.45) is 0 Å². The van der Waals surface area contributed by atoms with Crippen molar-refractivity contribution >= 4 is 39.1 Å². The summed E-state index contributed by atoms with van der Waals surface area (Å²) in [5, 5.41) is 3.61. The molecule has 0 spiro atoms. The molecule has 3 aromatic carbocycles. The highest BCUT2D eigenvalue weighted by Gasteiger charge is 2.34. The largest absolute Gasteiger partial charge is 0.494 e. The number of hydrogen-bond acceptors (Lipinski definition) is 5. The summed E-state index contributed by atoms with van der Waals surface area (Å²) in [4.78, 5) is 29.0. The molecule has 8 nitrogen and oxygen atoms in total. The van der Waals surface area contributed by atoms with Gasteiger partial charge in [0.15, 0.2) is 0 Å². The first-order chi connectivity index (χ1) is 20.6. The van der Waals surface area contributed by atoms with E-state index in [1.807, 2.05) is 13.8 Å². The number of halogens is 2. The predicted octanol–water partition coefficient (Wildman–Crippen LogP) is 5.94. The molecule has 0 aliphatic heterocycles. The molecule has 1 fully saturated rings. The van der Waals surface area contributed by atoms with Gasteiger partial charge in [-0.1, -0.05) is 43.5 Å². The van der Waals surface area contributed by atoms with Crippen LogP contribution in [0, 0.1) is 5.82 Å². The van der Waals surface area contributed by atoms with Crippen molar-refractivity contribution in [2.75, 3.05) is 17.5 Å². The van der Waals surface area contributed by atoms with E-state index in [0.717, 1.165) is 47.7 Å². The van der Waals surface area contributed by atoms with Crippen molar-refractivity contribution in [1.82, 2.24) is 10.2 Å². The first-order valence-corrected chi connectivity index (χ1v) is 16.3. The molecule has 3 aromatic rings. The molecule has 230 valence electrons. The highest BCUT2D eigenvalue weighted by molar-refractivity contribution is 7.92. The van der Waals surface area contributed by atoms with Gasteiger partial charge in [-0.25, -0.2) is 12.8 Å². The third-order valence-corrected chi connectivity index (χ3v) is 9.51. The van der Waals surface area contributed by atoms with Crippen LogP contribution in [0.3, 0.4) is 0 Å². The van der Waals surface area contributed by atoms with Crippen molar-refractivity contribution < 1.29 is 27.1 Å². The molecule has 1 aliphatic carbocycles. The van der Waals surface area contributed by atoms with Crippen LogP contribution in [-0.2, 0) is 26.2 Å². The number of amides is 2. The third kappa shape index (κ3) is 8.26. The normalized spacial score (nSPS) is 14.2. The van der Waals surface area contributed by atoms with Crippen LogP contribution >= 0.6 is 11.6 Å². The summed E-state index contributed by atoms with van der Waals surface area (Å²) in [6, 6.07) is 16.9. The second-order valence-corrected chi connectivity index (χ2v) is 12.8. The fourth-order valence-corrected chi connectivity index (χ4v) is 6.75. The zero-order chi connectivity index (χ0) is 31.0. The topological polar surface area (TPSA) is 96.0 Å². The quantitative estimate of drug-likeness (QED) is 0.253. The lowest BCUT2D eigenvalue weighted by atomic mass is 10.1. The van der Waals surface area contributed by atoms with Crippen LogP contribution in [0.5, 0.6) is 5.75 Å². The first-order valence-electron chi connectivity index (χ1n) is 14.5. The highest BCUT2D eigenvalue weighted by atomic mass is 35.5. The Balaban J connectivity index is 1.70. The van der Waals surface area contributed by atoms with Crippen LogP contribution in [0.4, 0.5) is 10.1 Å². The van der Waals surface area contributed by atoms with Gasteiger partial charge in [0, 0.05) is 17.6 Å². The molecule has 0 bridgehead atoms. The zero-order valence-corrected chi connectivity index (χ0v) is 25.9. The lowest BCUT2D eigenvalue weighted by Gasteiger charge is -2.33. The summed E-state index contributed by atoms with van der Waals surface area (Å²) in [5.41, 5.74) is 0.839.